The zero-order chi connectivity index (χ0) is 22.2. The number of aromatic nitrogens is 5. The number of nitrogens with two attached hydrogens (primary N) is 1. The molecule has 2 unspecified atom stereocenters. The highest BCUT2D eigenvalue weighted by Crippen LogP contribution is 2.36. The number of oxime groups is 1. The summed E-state index contributed by atoms with van der Waals surface area (Å²) in [6.07, 6.45) is 2.20. The zero-order valence-corrected chi connectivity index (χ0v) is 16.5. The summed E-state index contributed by atoms with van der Waals surface area (Å²) in [5.74, 6) is -2.76. The van der Waals surface area contributed by atoms with E-state index in [-0.39, 0.29) is 29.4 Å². The Hall–Kier alpha value is -3.69. The van der Waals surface area contributed by atoms with Crippen molar-refractivity contribution in [2.24, 2.45) is 5.16 Å². The second kappa shape index (κ2) is 7.86. The summed E-state index contributed by atoms with van der Waals surface area (Å²) in [5, 5.41) is 28.3. The quantitative estimate of drug-likeness (QED) is 0.239. The third-order valence-electron chi connectivity index (χ3n) is 5.04. The molecule has 0 spiro atoms. The van der Waals surface area contributed by atoms with Gasteiger partial charge in [0.25, 0.3) is 11.8 Å². The van der Waals surface area contributed by atoms with Crippen molar-refractivity contribution in [2.45, 2.75) is 36.9 Å². The van der Waals surface area contributed by atoms with Crippen LogP contribution in [0.15, 0.2) is 16.9 Å². The lowest BCUT2D eigenvalue weighted by atomic mass is 9.80. The second-order valence-electron chi connectivity index (χ2n) is 6.84. The van der Waals surface area contributed by atoms with Gasteiger partial charge < -0.3 is 21.0 Å². The van der Waals surface area contributed by atoms with Crippen LogP contribution in [-0.4, -0.2) is 78.3 Å². The van der Waals surface area contributed by atoms with Crippen LogP contribution >= 0.6 is 11.3 Å². The van der Waals surface area contributed by atoms with E-state index < -0.39 is 42.1 Å². The van der Waals surface area contributed by atoms with Gasteiger partial charge in [-0.15, -0.1) is 21.2 Å². The first-order valence-electron chi connectivity index (χ1n) is 9.00. The number of anilines is 1. The summed E-state index contributed by atoms with van der Waals surface area (Å²) in [6.45, 7) is -0.981. The number of hydrogen-bond donors (Lipinski definition) is 3. The van der Waals surface area contributed by atoms with Crippen molar-refractivity contribution < 1.29 is 28.7 Å². The van der Waals surface area contributed by atoms with Crippen molar-refractivity contribution in [1.29, 1.82) is 0 Å². The number of amides is 2. The summed E-state index contributed by atoms with van der Waals surface area (Å²) in [5.41, 5.74) is 3.73. The Morgan fingerprint density at radius 3 is 2.77 bits per heavy atom. The molecule has 4 rings (SSSR count). The maximum absolute atomic E-state index is 13.6. The van der Waals surface area contributed by atoms with E-state index in [0.717, 1.165) is 27.5 Å². The number of rotatable bonds is 8. The fourth-order valence-corrected chi connectivity index (χ4v) is 3.68. The SMILES string of the molecule is Nc1nc(C(=NOC2(C(=O)O)CCC2)C(=O)NC2C(=O)N(n3cnnn3)C2CF)cs1. The van der Waals surface area contributed by atoms with Crippen LogP contribution in [0.25, 0.3) is 0 Å². The van der Waals surface area contributed by atoms with Gasteiger partial charge in [-0.25, -0.2) is 19.2 Å². The fraction of sp³-hybridized carbons (Fsp3) is 0.467. The normalized spacial score (nSPS) is 22.4. The molecule has 164 valence electrons. The Kier molecular flexibility index (Phi) is 5.22. The smallest absolute Gasteiger partial charge is 0.350 e. The molecule has 16 heteroatoms. The van der Waals surface area contributed by atoms with E-state index in [9.17, 15) is 23.9 Å². The van der Waals surface area contributed by atoms with Crippen LogP contribution in [0.3, 0.4) is 0 Å². The van der Waals surface area contributed by atoms with Crippen LogP contribution in [0, 0.1) is 0 Å². The first-order valence-corrected chi connectivity index (χ1v) is 9.88. The maximum atomic E-state index is 13.6. The number of carboxylic acid groups (broad SMARTS) is 1. The van der Waals surface area contributed by atoms with E-state index in [0.29, 0.717) is 6.42 Å². The number of alkyl halides is 1. The van der Waals surface area contributed by atoms with Gasteiger partial charge in [0.2, 0.25) is 5.60 Å². The first-order chi connectivity index (χ1) is 14.9. The number of hydrogen-bond acceptors (Lipinski definition) is 11. The molecular formula is C15H16FN9O5S. The summed E-state index contributed by atoms with van der Waals surface area (Å²) in [7, 11) is 0. The molecule has 2 aliphatic rings. The molecule has 2 amide bonds. The zero-order valence-electron chi connectivity index (χ0n) is 15.7. The average molecular weight is 453 g/mol. The molecular weight excluding hydrogens is 437 g/mol. The third-order valence-corrected chi connectivity index (χ3v) is 5.71. The molecule has 0 radical (unpaired) electrons. The number of halogens is 1. The molecule has 1 saturated heterocycles. The van der Waals surface area contributed by atoms with Gasteiger partial charge >= 0.3 is 5.97 Å². The van der Waals surface area contributed by atoms with Crippen molar-refractivity contribution in [3.8, 4) is 0 Å². The Morgan fingerprint density at radius 2 is 2.26 bits per heavy atom. The Labute approximate surface area is 176 Å². The third kappa shape index (κ3) is 3.54. The van der Waals surface area contributed by atoms with E-state index >= 15 is 0 Å². The summed E-state index contributed by atoms with van der Waals surface area (Å²) < 4.78 is 13.6. The number of carbonyl (C=O) groups is 3. The minimum absolute atomic E-state index is 0.0285. The molecule has 1 aliphatic carbocycles. The molecule has 4 N–H and O–H groups in total. The van der Waals surface area contributed by atoms with Gasteiger partial charge in [-0.2, -0.15) is 0 Å². The number of nitrogen functional groups attached to an aromatic ring is 1. The number of β-lactam (4-membered cyclic amide) rings is 1. The largest absolute Gasteiger partial charge is 0.478 e. The Bertz CT molecular complexity index is 1040. The highest BCUT2D eigenvalue weighted by atomic mass is 32.1. The van der Waals surface area contributed by atoms with Gasteiger partial charge in [0.15, 0.2) is 17.2 Å². The van der Waals surface area contributed by atoms with Gasteiger partial charge in [-0.05, 0) is 16.8 Å². The van der Waals surface area contributed by atoms with Crippen molar-refractivity contribution in [3.63, 3.8) is 0 Å². The first kappa shape index (κ1) is 20.6. The van der Waals surface area contributed by atoms with Crippen LogP contribution in [0.5, 0.6) is 0 Å². The molecule has 0 aromatic carbocycles. The lowest BCUT2D eigenvalue weighted by molar-refractivity contribution is -0.178. The highest BCUT2D eigenvalue weighted by molar-refractivity contribution is 7.13. The summed E-state index contributed by atoms with van der Waals surface area (Å²) in [6, 6.07) is -2.28. The molecule has 14 nitrogen and oxygen atoms in total. The number of carbonyl (C=O) groups excluding carboxylic acids is 2. The van der Waals surface area contributed by atoms with E-state index in [1.54, 1.807) is 0 Å². The van der Waals surface area contributed by atoms with E-state index in [2.05, 4.69) is 31.0 Å². The van der Waals surface area contributed by atoms with Gasteiger partial charge in [-0.3, -0.25) is 9.59 Å². The van der Waals surface area contributed by atoms with E-state index in [1.165, 1.54) is 5.38 Å². The van der Waals surface area contributed by atoms with Crippen LogP contribution in [-0.2, 0) is 19.2 Å². The van der Waals surface area contributed by atoms with Crippen LogP contribution in [0.4, 0.5) is 9.52 Å². The fourth-order valence-electron chi connectivity index (χ4n) is 3.14. The molecule has 2 aromatic rings. The van der Waals surface area contributed by atoms with Crippen molar-refractivity contribution in [3.05, 3.63) is 17.4 Å². The maximum Gasteiger partial charge on any atom is 0.350 e. The number of carboxylic acids is 1. The molecule has 2 fully saturated rings. The number of aliphatic carboxylic acids is 1. The van der Waals surface area contributed by atoms with Gasteiger partial charge in [-0.1, -0.05) is 5.16 Å². The topological polar surface area (TPSA) is 191 Å². The van der Waals surface area contributed by atoms with Crippen LogP contribution < -0.4 is 16.1 Å². The molecule has 2 atom stereocenters. The molecule has 1 aliphatic heterocycles. The van der Waals surface area contributed by atoms with Crippen molar-refractivity contribution in [1.82, 2.24) is 30.6 Å². The predicted octanol–water partition coefficient (Wildman–Crippen LogP) is -1.56. The van der Waals surface area contributed by atoms with Gasteiger partial charge in [0, 0.05) is 18.2 Å². The van der Waals surface area contributed by atoms with E-state index in [1.807, 2.05) is 0 Å². The number of nitrogens with one attached hydrogen (secondary N) is 1. The predicted molar refractivity (Wildman–Crippen MR) is 101 cm³/mol. The molecule has 3 heterocycles. The van der Waals surface area contributed by atoms with Crippen molar-refractivity contribution >= 4 is 40.0 Å². The van der Waals surface area contributed by atoms with Crippen molar-refractivity contribution in [2.75, 3.05) is 17.4 Å². The van der Waals surface area contributed by atoms with Crippen LogP contribution in [0.2, 0.25) is 0 Å². The Morgan fingerprint density at radius 1 is 1.48 bits per heavy atom. The van der Waals surface area contributed by atoms with Gasteiger partial charge in [0.1, 0.15) is 24.5 Å². The summed E-state index contributed by atoms with van der Waals surface area (Å²) >= 11 is 1.03. The molecule has 31 heavy (non-hydrogen) atoms. The number of thiazole rings is 1. The minimum Gasteiger partial charge on any atom is -0.478 e. The molecule has 0 bridgehead atoms. The Balaban J connectivity index is 1.54. The summed E-state index contributed by atoms with van der Waals surface area (Å²) in [4.78, 5) is 46.9. The minimum atomic E-state index is -1.53. The standard InChI is InChI=1S/C15H16FN9O5S/c16-4-8-10(12(27)25(8)24-6-18-22-23-24)20-11(26)9(7-5-31-14(17)19-7)21-30-15(13(28)29)2-1-3-15/h5-6,8,10H,1-4H2,(H2,17,19)(H,20,26)(H,28,29). The molecule has 2 aromatic heterocycles. The molecule has 1 saturated carbocycles. The lowest BCUT2D eigenvalue weighted by Gasteiger charge is -2.44. The number of tetrazole rings is 1. The lowest BCUT2D eigenvalue weighted by Crippen LogP contribution is -2.75. The van der Waals surface area contributed by atoms with E-state index in [4.69, 9.17) is 10.6 Å². The second-order valence-corrected chi connectivity index (χ2v) is 7.73. The monoisotopic (exact) mass is 453 g/mol. The number of nitrogens with zero attached hydrogens (tertiary/aromatic N) is 7. The average Bonchev–Trinajstić information content (AvgIpc) is 3.37. The highest BCUT2D eigenvalue weighted by Gasteiger charge is 2.51. The van der Waals surface area contributed by atoms with Gasteiger partial charge in [0.05, 0.1) is 0 Å². The van der Waals surface area contributed by atoms with Crippen LogP contribution in [0.1, 0.15) is 25.0 Å².